The summed E-state index contributed by atoms with van der Waals surface area (Å²) in [5.41, 5.74) is 1.98. The highest BCUT2D eigenvalue weighted by Gasteiger charge is 2.31. The Morgan fingerprint density at radius 1 is 1.31 bits per heavy atom. The van der Waals surface area contributed by atoms with Crippen LogP contribution in [0.15, 0.2) is 24.3 Å². The topological polar surface area (TPSA) is 97.1 Å². The Morgan fingerprint density at radius 2 is 2.00 bits per heavy atom. The molecule has 0 radical (unpaired) electrons. The first-order valence-corrected chi connectivity index (χ1v) is 8.93. The molecule has 7 nitrogen and oxygen atoms in total. The number of aryl methyl sites for hydroxylation is 1. The minimum Gasteiger partial charge on any atom is -0.480 e. The fourth-order valence-electron chi connectivity index (χ4n) is 3.01. The van der Waals surface area contributed by atoms with Crippen molar-refractivity contribution in [1.29, 1.82) is 0 Å². The molecule has 0 spiro atoms. The third-order valence-electron chi connectivity index (χ3n) is 4.63. The van der Waals surface area contributed by atoms with Crippen molar-refractivity contribution in [3.05, 3.63) is 41.5 Å². The second-order valence-corrected chi connectivity index (χ2v) is 7.15. The number of aliphatic carboxylic acids is 1. The normalized spacial score (nSPS) is 15.1. The maximum Gasteiger partial charge on any atom is 0.326 e. The van der Waals surface area contributed by atoms with Gasteiger partial charge in [0, 0.05) is 0 Å². The SMILES string of the molecule is Cc1nc(C(=O)NC(CC2CC2)C(=O)O)nn1-c1ccccc1C(C)C. The van der Waals surface area contributed by atoms with E-state index in [1.54, 1.807) is 11.6 Å². The van der Waals surface area contributed by atoms with Crippen molar-refractivity contribution in [2.75, 3.05) is 0 Å². The number of nitrogens with one attached hydrogen (secondary N) is 1. The van der Waals surface area contributed by atoms with Crippen LogP contribution in [-0.4, -0.2) is 37.8 Å². The molecular formula is C19H24N4O3. The number of carbonyl (C=O) groups excluding carboxylic acids is 1. The highest BCUT2D eigenvalue weighted by molar-refractivity contribution is 5.93. The van der Waals surface area contributed by atoms with Crippen LogP contribution < -0.4 is 5.32 Å². The first-order chi connectivity index (χ1) is 12.4. The maximum absolute atomic E-state index is 12.5. The van der Waals surface area contributed by atoms with Gasteiger partial charge in [-0.25, -0.2) is 14.5 Å². The zero-order chi connectivity index (χ0) is 18.8. The molecule has 2 N–H and O–H groups in total. The van der Waals surface area contributed by atoms with Gasteiger partial charge in [-0.15, -0.1) is 5.10 Å². The van der Waals surface area contributed by atoms with Crippen molar-refractivity contribution >= 4 is 11.9 Å². The number of hydrogen-bond acceptors (Lipinski definition) is 4. The van der Waals surface area contributed by atoms with Crippen molar-refractivity contribution in [2.45, 2.75) is 52.0 Å². The van der Waals surface area contributed by atoms with Crippen LogP contribution in [0.4, 0.5) is 0 Å². The van der Waals surface area contributed by atoms with E-state index < -0.39 is 17.9 Å². The molecule has 0 bridgehead atoms. The molecule has 1 heterocycles. The molecule has 1 aromatic heterocycles. The van der Waals surface area contributed by atoms with Crippen LogP contribution in [0.5, 0.6) is 0 Å². The molecule has 26 heavy (non-hydrogen) atoms. The quantitative estimate of drug-likeness (QED) is 0.795. The Labute approximate surface area is 152 Å². The molecule has 1 aliphatic carbocycles. The fourth-order valence-corrected chi connectivity index (χ4v) is 3.01. The van der Waals surface area contributed by atoms with Crippen molar-refractivity contribution in [3.8, 4) is 5.69 Å². The molecule has 2 aromatic rings. The number of nitrogens with zero attached hydrogens (tertiary/aromatic N) is 3. The molecule has 1 aliphatic rings. The third-order valence-corrected chi connectivity index (χ3v) is 4.63. The van der Waals surface area contributed by atoms with Gasteiger partial charge >= 0.3 is 5.97 Å². The second-order valence-electron chi connectivity index (χ2n) is 7.15. The number of benzene rings is 1. The predicted molar refractivity (Wildman–Crippen MR) is 96.4 cm³/mol. The van der Waals surface area contributed by atoms with E-state index in [-0.39, 0.29) is 5.82 Å². The van der Waals surface area contributed by atoms with E-state index >= 15 is 0 Å². The average Bonchev–Trinajstić information content (AvgIpc) is 3.33. The summed E-state index contributed by atoms with van der Waals surface area (Å²) in [4.78, 5) is 28.1. The molecule has 3 rings (SSSR count). The molecule has 1 amide bonds. The molecule has 0 saturated heterocycles. The third kappa shape index (κ3) is 3.92. The van der Waals surface area contributed by atoms with E-state index in [4.69, 9.17) is 0 Å². The lowest BCUT2D eigenvalue weighted by Gasteiger charge is -2.13. The van der Waals surface area contributed by atoms with Gasteiger partial charge in [0.05, 0.1) is 5.69 Å². The number of para-hydroxylation sites is 1. The molecule has 0 aliphatic heterocycles. The molecule has 1 aromatic carbocycles. The van der Waals surface area contributed by atoms with E-state index in [0.717, 1.165) is 24.1 Å². The van der Waals surface area contributed by atoms with E-state index in [2.05, 4.69) is 29.2 Å². The van der Waals surface area contributed by atoms with Crippen LogP contribution in [0.25, 0.3) is 5.69 Å². The van der Waals surface area contributed by atoms with E-state index in [0.29, 0.717) is 24.1 Å². The van der Waals surface area contributed by atoms with Gasteiger partial charge in [0.1, 0.15) is 11.9 Å². The van der Waals surface area contributed by atoms with E-state index in [9.17, 15) is 14.7 Å². The summed E-state index contributed by atoms with van der Waals surface area (Å²) in [5, 5.41) is 16.2. The van der Waals surface area contributed by atoms with Gasteiger partial charge in [-0.2, -0.15) is 0 Å². The Bertz CT molecular complexity index is 824. The summed E-state index contributed by atoms with van der Waals surface area (Å²) < 4.78 is 1.64. The van der Waals surface area contributed by atoms with Gasteiger partial charge in [-0.05, 0) is 36.8 Å². The summed E-state index contributed by atoms with van der Waals surface area (Å²) >= 11 is 0. The van der Waals surface area contributed by atoms with E-state index in [1.165, 1.54) is 0 Å². The number of aromatic nitrogens is 3. The van der Waals surface area contributed by atoms with Gasteiger partial charge in [0.2, 0.25) is 5.82 Å². The Hall–Kier alpha value is -2.70. The van der Waals surface area contributed by atoms with Crippen LogP contribution in [0, 0.1) is 12.8 Å². The number of carbonyl (C=O) groups is 2. The van der Waals surface area contributed by atoms with Crippen molar-refractivity contribution in [2.24, 2.45) is 5.92 Å². The lowest BCUT2D eigenvalue weighted by Crippen LogP contribution is -2.41. The lowest BCUT2D eigenvalue weighted by molar-refractivity contribution is -0.139. The Balaban J connectivity index is 1.83. The molecule has 7 heteroatoms. The number of rotatable bonds is 7. The molecule has 1 saturated carbocycles. The Morgan fingerprint density at radius 3 is 2.62 bits per heavy atom. The molecule has 1 fully saturated rings. The van der Waals surface area contributed by atoms with Gasteiger partial charge in [0.25, 0.3) is 5.91 Å². The monoisotopic (exact) mass is 356 g/mol. The van der Waals surface area contributed by atoms with Gasteiger partial charge in [-0.1, -0.05) is 44.9 Å². The molecule has 1 unspecified atom stereocenters. The first-order valence-electron chi connectivity index (χ1n) is 8.93. The number of hydrogen-bond donors (Lipinski definition) is 2. The standard InChI is InChI=1S/C19H24N4O3/c1-11(2)14-6-4-5-7-16(14)23-12(3)20-17(22-23)18(24)21-15(19(25)26)10-13-8-9-13/h4-7,11,13,15H,8-10H2,1-3H3,(H,21,24)(H,25,26). The summed E-state index contributed by atoms with van der Waals surface area (Å²) in [6.45, 7) is 5.96. The summed E-state index contributed by atoms with van der Waals surface area (Å²) in [7, 11) is 0. The minimum absolute atomic E-state index is 0.0110. The lowest BCUT2D eigenvalue weighted by atomic mass is 10.0. The van der Waals surface area contributed by atoms with Gasteiger partial charge in [-0.3, -0.25) is 4.79 Å². The van der Waals surface area contributed by atoms with Crippen molar-refractivity contribution in [3.63, 3.8) is 0 Å². The largest absolute Gasteiger partial charge is 0.480 e. The van der Waals surface area contributed by atoms with Crippen LogP contribution in [0.1, 0.15) is 61.0 Å². The molecular weight excluding hydrogens is 332 g/mol. The fraction of sp³-hybridized carbons (Fsp3) is 0.474. The number of carboxylic acid groups (broad SMARTS) is 1. The van der Waals surface area contributed by atoms with Gasteiger partial charge in [0.15, 0.2) is 0 Å². The van der Waals surface area contributed by atoms with Crippen LogP contribution >= 0.6 is 0 Å². The highest BCUT2D eigenvalue weighted by Crippen LogP contribution is 2.33. The second kappa shape index (κ2) is 7.27. The summed E-state index contributed by atoms with van der Waals surface area (Å²) in [5.74, 6) is -0.322. The van der Waals surface area contributed by atoms with Crippen LogP contribution in [-0.2, 0) is 4.79 Å². The Kier molecular flexibility index (Phi) is 5.06. The zero-order valence-electron chi connectivity index (χ0n) is 15.3. The maximum atomic E-state index is 12.5. The van der Waals surface area contributed by atoms with E-state index in [1.807, 2.05) is 24.3 Å². The smallest absolute Gasteiger partial charge is 0.326 e. The zero-order valence-corrected chi connectivity index (χ0v) is 15.3. The number of carboxylic acids is 1. The number of amides is 1. The first kappa shape index (κ1) is 18.1. The molecule has 1 atom stereocenters. The minimum atomic E-state index is -1.02. The van der Waals surface area contributed by atoms with Crippen LogP contribution in [0.3, 0.4) is 0 Å². The van der Waals surface area contributed by atoms with Crippen LogP contribution in [0.2, 0.25) is 0 Å². The predicted octanol–water partition coefficient (Wildman–Crippen LogP) is 2.68. The summed E-state index contributed by atoms with van der Waals surface area (Å²) in [6.07, 6.45) is 2.51. The summed E-state index contributed by atoms with van der Waals surface area (Å²) in [6, 6.07) is 6.94. The van der Waals surface area contributed by atoms with Crippen molar-refractivity contribution < 1.29 is 14.7 Å². The average molecular weight is 356 g/mol. The molecule has 138 valence electrons. The highest BCUT2D eigenvalue weighted by atomic mass is 16.4. The van der Waals surface area contributed by atoms with Crippen molar-refractivity contribution in [1.82, 2.24) is 20.1 Å². The van der Waals surface area contributed by atoms with Gasteiger partial charge < -0.3 is 10.4 Å².